The molecule has 0 unspecified atom stereocenters. The highest BCUT2D eigenvalue weighted by Crippen LogP contribution is 2.17. The van der Waals surface area contributed by atoms with Crippen LogP contribution in [0.2, 0.25) is 0 Å². The van der Waals surface area contributed by atoms with Crippen LogP contribution in [0, 0.1) is 0 Å². The predicted octanol–water partition coefficient (Wildman–Crippen LogP) is 1.13. The van der Waals surface area contributed by atoms with Crippen molar-refractivity contribution in [2.75, 3.05) is 24.5 Å². The molecule has 0 radical (unpaired) electrons. The molecule has 3 rings (SSSR count). The van der Waals surface area contributed by atoms with Crippen LogP contribution in [0.4, 0.5) is 5.82 Å². The first-order valence-corrected chi connectivity index (χ1v) is 5.75. The lowest BCUT2D eigenvalue weighted by molar-refractivity contribution is 0.481. The molecular weight excluding hydrogens is 200 g/mol. The van der Waals surface area contributed by atoms with E-state index in [1.807, 2.05) is 18.5 Å². The summed E-state index contributed by atoms with van der Waals surface area (Å²) in [5.41, 5.74) is 1.02. The number of imidazole rings is 1. The van der Waals surface area contributed by atoms with Crippen molar-refractivity contribution in [1.29, 1.82) is 0 Å². The molecule has 1 aliphatic heterocycles. The number of rotatable bonds is 1. The maximum Gasteiger partial charge on any atom is 0.138 e. The number of nitrogens with zero attached hydrogens (tertiary/aromatic N) is 3. The first-order valence-electron chi connectivity index (χ1n) is 5.75. The third-order valence-corrected chi connectivity index (χ3v) is 3.10. The maximum atomic E-state index is 4.31. The molecule has 0 bridgehead atoms. The van der Waals surface area contributed by atoms with Crippen LogP contribution in [0.3, 0.4) is 0 Å². The van der Waals surface area contributed by atoms with Crippen LogP contribution >= 0.6 is 0 Å². The minimum absolute atomic E-state index is 0.549. The summed E-state index contributed by atoms with van der Waals surface area (Å²) < 4.78 is 2.15. The first-order chi connectivity index (χ1) is 7.84. The Hall–Kier alpha value is -1.55. The molecule has 2 aromatic heterocycles. The Kier molecular flexibility index (Phi) is 2.29. The molecule has 0 aliphatic carbocycles. The van der Waals surface area contributed by atoms with E-state index < -0.39 is 0 Å². The Bertz CT molecular complexity index is 490. The van der Waals surface area contributed by atoms with Crippen LogP contribution in [0.5, 0.6) is 0 Å². The third-order valence-electron chi connectivity index (χ3n) is 3.10. The van der Waals surface area contributed by atoms with Crippen LogP contribution in [-0.2, 0) is 0 Å². The fourth-order valence-corrected chi connectivity index (χ4v) is 2.33. The Balaban J connectivity index is 2.01. The number of fused-ring (bicyclic) bond motifs is 1. The monoisotopic (exact) mass is 216 g/mol. The van der Waals surface area contributed by atoms with Crippen LogP contribution in [0.1, 0.15) is 6.92 Å². The number of piperazine rings is 1. The van der Waals surface area contributed by atoms with Crippen molar-refractivity contribution in [2.24, 2.45) is 0 Å². The molecule has 2 aromatic rings. The van der Waals surface area contributed by atoms with Gasteiger partial charge in [-0.25, -0.2) is 4.98 Å². The van der Waals surface area contributed by atoms with Gasteiger partial charge in [0.15, 0.2) is 0 Å². The smallest absolute Gasteiger partial charge is 0.138 e. The standard InChI is InChI=1S/C12H16N4/c1-10-9-15(7-5-13-10)12-4-2-3-11-14-6-8-16(11)12/h2-4,6,8,10,13H,5,7,9H2,1H3/t10-/m0/s1. The third kappa shape index (κ3) is 1.55. The molecule has 3 heterocycles. The second-order valence-electron chi connectivity index (χ2n) is 4.34. The second-order valence-corrected chi connectivity index (χ2v) is 4.34. The number of anilines is 1. The highest BCUT2D eigenvalue weighted by Gasteiger charge is 2.17. The van der Waals surface area contributed by atoms with Gasteiger partial charge in [0.05, 0.1) is 0 Å². The Labute approximate surface area is 94.9 Å². The lowest BCUT2D eigenvalue weighted by Gasteiger charge is -2.33. The largest absolute Gasteiger partial charge is 0.355 e. The van der Waals surface area contributed by atoms with Gasteiger partial charge < -0.3 is 10.2 Å². The van der Waals surface area contributed by atoms with Crippen molar-refractivity contribution in [3.8, 4) is 0 Å². The van der Waals surface area contributed by atoms with E-state index in [4.69, 9.17) is 0 Å². The van der Waals surface area contributed by atoms with Gasteiger partial charge in [-0.2, -0.15) is 0 Å². The average Bonchev–Trinajstić information content (AvgIpc) is 2.76. The minimum Gasteiger partial charge on any atom is -0.355 e. The average molecular weight is 216 g/mol. The summed E-state index contributed by atoms with van der Waals surface area (Å²) in [6, 6.07) is 6.82. The van der Waals surface area contributed by atoms with Gasteiger partial charge in [0.2, 0.25) is 0 Å². The van der Waals surface area contributed by atoms with Gasteiger partial charge in [-0.1, -0.05) is 6.07 Å². The van der Waals surface area contributed by atoms with E-state index in [9.17, 15) is 0 Å². The Morgan fingerprint density at radius 3 is 3.25 bits per heavy atom. The Morgan fingerprint density at radius 1 is 1.44 bits per heavy atom. The van der Waals surface area contributed by atoms with Crippen LogP contribution in [0.25, 0.3) is 5.65 Å². The normalized spacial score (nSPS) is 21.6. The fourth-order valence-electron chi connectivity index (χ4n) is 2.33. The number of nitrogens with one attached hydrogen (secondary N) is 1. The molecule has 1 atom stereocenters. The summed E-state index contributed by atoms with van der Waals surface area (Å²) in [4.78, 5) is 6.73. The first kappa shape index (κ1) is 9.66. The number of hydrogen-bond acceptors (Lipinski definition) is 3. The van der Waals surface area contributed by atoms with Crippen LogP contribution in [0.15, 0.2) is 30.6 Å². The molecule has 0 aromatic carbocycles. The molecule has 84 valence electrons. The van der Waals surface area contributed by atoms with E-state index in [0.29, 0.717) is 6.04 Å². The van der Waals surface area contributed by atoms with Crippen molar-refractivity contribution < 1.29 is 0 Å². The fraction of sp³-hybridized carbons (Fsp3) is 0.417. The molecule has 4 nitrogen and oxygen atoms in total. The van der Waals surface area contributed by atoms with Crippen LogP contribution < -0.4 is 10.2 Å². The van der Waals surface area contributed by atoms with Crippen molar-refractivity contribution in [3.63, 3.8) is 0 Å². The summed E-state index contributed by atoms with van der Waals surface area (Å²) in [6.07, 6.45) is 3.88. The molecule has 0 amide bonds. The highest BCUT2D eigenvalue weighted by atomic mass is 15.3. The van der Waals surface area contributed by atoms with Crippen molar-refractivity contribution in [1.82, 2.24) is 14.7 Å². The van der Waals surface area contributed by atoms with E-state index in [1.165, 1.54) is 5.82 Å². The van der Waals surface area contributed by atoms with Gasteiger partial charge in [-0.05, 0) is 19.1 Å². The topological polar surface area (TPSA) is 32.6 Å². The van der Waals surface area contributed by atoms with Crippen LogP contribution in [-0.4, -0.2) is 35.1 Å². The van der Waals surface area contributed by atoms with Gasteiger partial charge >= 0.3 is 0 Å². The molecule has 1 fully saturated rings. The molecule has 1 saturated heterocycles. The van der Waals surface area contributed by atoms with E-state index in [0.717, 1.165) is 25.3 Å². The molecule has 0 saturated carbocycles. The van der Waals surface area contributed by atoms with Crippen molar-refractivity contribution in [2.45, 2.75) is 13.0 Å². The van der Waals surface area contributed by atoms with E-state index in [1.54, 1.807) is 0 Å². The SMILES string of the molecule is C[C@H]1CN(c2cccc3nccn23)CCN1. The lowest BCUT2D eigenvalue weighted by Crippen LogP contribution is -2.49. The number of pyridine rings is 1. The van der Waals surface area contributed by atoms with Gasteiger partial charge in [0.25, 0.3) is 0 Å². The molecule has 4 heteroatoms. The summed E-state index contributed by atoms with van der Waals surface area (Å²) in [7, 11) is 0. The molecule has 16 heavy (non-hydrogen) atoms. The molecule has 1 aliphatic rings. The van der Waals surface area contributed by atoms with Gasteiger partial charge in [-0.15, -0.1) is 0 Å². The number of aromatic nitrogens is 2. The summed E-state index contributed by atoms with van der Waals surface area (Å²) >= 11 is 0. The van der Waals surface area contributed by atoms with Gasteiger partial charge in [0, 0.05) is 38.1 Å². The summed E-state index contributed by atoms with van der Waals surface area (Å²) in [5, 5.41) is 3.46. The van der Waals surface area contributed by atoms with Gasteiger partial charge in [-0.3, -0.25) is 4.40 Å². The quantitative estimate of drug-likeness (QED) is 0.775. The van der Waals surface area contributed by atoms with E-state index >= 15 is 0 Å². The minimum atomic E-state index is 0.549. The summed E-state index contributed by atoms with van der Waals surface area (Å²) in [5.74, 6) is 1.24. The summed E-state index contributed by atoms with van der Waals surface area (Å²) in [6.45, 7) is 5.38. The number of hydrogen-bond donors (Lipinski definition) is 1. The lowest BCUT2D eigenvalue weighted by atomic mass is 10.2. The maximum absolute atomic E-state index is 4.31. The van der Waals surface area contributed by atoms with Crippen molar-refractivity contribution in [3.05, 3.63) is 30.6 Å². The van der Waals surface area contributed by atoms with E-state index in [2.05, 4.69) is 38.7 Å². The molecular formula is C12H16N4. The van der Waals surface area contributed by atoms with E-state index in [-0.39, 0.29) is 0 Å². The highest BCUT2D eigenvalue weighted by molar-refractivity contribution is 5.51. The predicted molar refractivity (Wildman–Crippen MR) is 64.9 cm³/mol. The second kappa shape index (κ2) is 3.79. The van der Waals surface area contributed by atoms with Gasteiger partial charge in [0.1, 0.15) is 11.5 Å². The molecule has 1 N–H and O–H groups in total. The zero-order valence-electron chi connectivity index (χ0n) is 9.43. The van der Waals surface area contributed by atoms with Crippen molar-refractivity contribution >= 4 is 11.5 Å². The Morgan fingerprint density at radius 2 is 2.38 bits per heavy atom. The molecule has 0 spiro atoms. The zero-order valence-corrected chi connectivity index (χ0v) is 9.43. The zero-order chi connectivity index (χ0) is 11.0.